The molecule has 3 aliphatic heterocycles. The maximum absolute atomic E-state index is 14.4. The van der Waals surface area contributed by atoms with Gasteiger partial charge in [0.25, 0.3) is 21.6 Å². The number of nitrogens with zero attached hydrogens (tertiary/aromatic N) is 5. The molecule has 3 N–H and O–H groups in total. The minimum absolute atomic E-state index is 0.0257. The van der Waals surface area contributed by atoms with Gasteiger partial charge in [0.2, 0.25) is 11.8 Å². The van der Waals surface area contributed by atoms with Gasteiger partial charge in [-0.15, -0.1) is 0 Å². The molecule has 2 amide bonds. The lowest BCUT2D eigenvalue weighted by atomic mass is 9.72. The SMILES string of the molecule is CC1(C)CCC(CN2CCN(c3ccc(C(=O)NS(=O)(=O)c4ccc(NCC5COCCO5)c([N+](=O)[O-])c4)c(N4C(=O)CCOc5nc6[nH]ccc6cc54)c3)CC2)=C(c2ccc(Cl)cc2)C1. The van der Waals surface area contributed by atoms with Crippen molar-refractivity contribution < 1.29 is 37.1 Å². The summed E-state index contributed by atoms with van der Waals surface area (Å²) in [4.78, 5) is 53.2. The highest BCUT2D eigenvalue weighted by atomic mass is 35.5. The van der Waals surface area contributed by atoms with Gasteiger partial charge in [0, 0.05) is 67.6 Å². The summed E-state index contributed by atoms with van der Waals surface area (Å²) >= 11 is 6.26. The van der Waals surface area contributed by atoms with Crippen molar-refractivity contribution in [2.24, 2.45) is 5.41 Å². The summed E-state index contributed by atoms with van der Waals surface area (Å²) in [5.41, 5.74) is 5.33. The molecule has 1 unspecified atom stereocenters. The van der Waals surface area contributed by atoms with Crippen LogP contribution in [-0.4, -0.2) is 112 Å². The van der Waals surface area contributed by atoms with Crippen LogP contribution in [0.3, 0.4) is 0 Å². The number of carbonyl (C=O) groups is 2. The van der Waals surface area contributed by atoms with Crippen molar-refractivity contribution >= 4 is 78.5 Å². The van der Waals surface area contributed by atoms with Crippen LogP contribution in [0.2, 0.25) is 5.02 Å². The van der Waals surface area contributed by atoms with Crippen molar-refractivity contribution in [1.29, 1.82) is 0 Å². The number of H-pyrrole nitrogens is 1. The predicted octanol–water partition coefficient (Wildman–Crippen LogP) is 7.30. The molecule has 5 heterocycles. The monoisotopic (exact) mass is 938 g/mol. The smallest absolute Gasteiger partial charge is 0.293 e. The lowest BCUT2D eigenvalue weighted by molar-refractivity contribution is -0.384. The first-order valence-corrected chi connectivity index (χ1v) is 23.9. The van der Waals surface area contributed by atoms with Gasteiger partial charge < -0.3 is 29.4 Å². The molecule has 19 heteroatoms. The van der Waals surface area contributed by atoms with E-state index in [4.69, 9.17) is 25.8 Å². The number of aromatic nitrogens is 2. The number of rotatable bonds is 12. The molecule has 3 aromatic carbocycles. The summed E-state index contributed by atoms with van der Waals surface area (Å²) in [5.74, 6) is -1.28. The number of carbonyl (C=O) groups excluding carboxylic acids is 2. The second kappa shape index (κ2) is 18.7. The van der Waals surface area contributed by atoms with Crippen LogP contribution in [0, 0.1) is 15.5 Å². The van der Waals surface area contributed by atoms with E-state index in [0.29, 0.717) is 49.0 Å². The molecule has 0 bridgehead atoms. The maximum atomic E-state index is 14.4. The Labute approximate surface area is 387 Å². The van der Waals surface area contributed by atoms with Gasteiger partial charge in [-0.2, -0.15) is 4.98 Å². The number of fused-ring (bicyclic) bond motifs is 2. The lowest BCUT2D eigenvalue weighted by Gasteiger charge is -2.39. The highest BCUT2D eigenvalue weighted by Crippen LogP contribution is 2.44. The van der Waals surface area contributed by atoms with Crippen molar-refractivity contribution in [2.75, 3.05) is 80.8 Å². The second-order valence-corrected chi connectivity index (χ2v) is 19.9. The topological polar surface area (TPSA) is 202 Å². The van der Waals surface area contributed by atoms with Crippen molar-refractivity contribution in [3.8, 4) is 5.88 Å². The largest absolute Gasteiger partial charge is 0.476 e. The Bertz CT molecular complexity index is 2820. The molecule has 17 nitrogen and oxygen atoms in total. The van der Waals surface area contributed by atoms with E-state index in [2.05, 4.69) is 55.8 Å². The van der Waals surface area contributed by atoms with E-state index in [1.165, 1.54) is 39.8 Å². The van der Waals surface area contributed by atoms with E-state index in [-0.39, 0.29) is 59.6 Å². The Morgan fingerprint density at radius 3 is 2.55 bits per heavy atom. The third-order valence-corrected chi connectivity index (χ3v) is 14.2. The van der Waals surface area contributed by atoms with Gasteiger partial charge in [0.15, 0.2) is 0 Å². The second-order valence-electron chi connectivity index (χ2n) is 17.8. The minimum Gasteiger partial charge on any atom is -0.476 e. The fourth-order valence-electron chi connectivity index (χ4n) is 9.05. The number of hydrogen-bond acceptors (Lipinski definition) is 13. The van der Waals surface area contributed by atoms with Crippen LogP contribution >= 0.6 is 11.6 Å². The number of hydrogen-bond donors (Lipinski definition) is 3. The number of nitro groups is 1. The number of allylic oxidation sites excluding steroid dienone is 1. The highest BCUT2D eigenvalue weighted by molar-refractivity contribution is 7.90. The molecular weight excluding hydrogens is 888 g/mol. The normalized spacial score (nSPS) is 19.3. The van der Waals surface area contributed by atoms with Crippen molar-refractivity contribution in [1.82, 2.24) is 19.6 Å². The van der Waals surface area contributed by atoms with Crippen LogP contribution in [0.4, 0.5) is 28.4 Å². The van der Waals surface area contributed by atoms with Crippen LogP contribution in [-0.2, 0) is 24.3 Å². The maximum Gasteiger partial charge on any atom is 0.293 e. The van der Waals surface area contributed by atoms with Crippen LogP contribution in [0.5, 0.6) is 5.88 Å². The molecule has 0 radical (unpaired) electrons. The first kappa shape index (κ1) is 45.1. The van der Waals surface area contributed by atoms with Gasteiger partial charge in [-0.1, -0.05) is 43.2 Å². The van der Waals surface area contributed by atoms with E-state index in [1.807, 2.05) is 12.1 Å². The third kappa shape index (κ3) is 9.73. The fourth-order valence-corrected chi connectivity index (χ4v) is 10.2. The minimum atomic E-state index is -4.69. The number of piperazine rings is 1. The van der Waals surface area contributed by atoms with Gasteiger partial charge in [0.05, 0.1) is 60.0 Å². The molecule has 2 saturated heterocycles. The highest BCUT2D eigenvalue weighted by Gasteiger charge is 2.34. The molecule has 2 fully saturated rings. The molecule has 346 valence electrons. The van der Waals surface area contributed by atoms with E-state index in [1.54, 1.807) is 30.5 Å². The van der Waals surface area contributed by atoms with Gasteiger partial charge in [0.1, 0.15) is 17.0 Å². The Balaban J connectivity index is 1.00. The van der Waals surface area contributed by atoms with Gasteiger partial charge in [-0.3, -0.25) is 29.5 Å². The molecule has 4 aliphatic rings. The number of aromatic amines is 1. The molecule has 0 saturated carbocycles. The van der Waals surface area contributed by atoms with Gasteiger partial charge in [-0.25, -0.2) is 13.1 Å². The van der Waals surface area contributed by atoms with Crippen LogP contribution in [0.25, 0.3) is 16.6 Å². The molecular formula is C47H51ClN8O9S. The van der Waals surface area contributed by atoms with E-state index in [0.717, 1.165) is 50.7 Å². The summed E-state index contributed by atoms with van der Waals surface area (Å²) in [7, 11) is -4.69. The van der Waals surface area contributed by atoms with Crippen LogP contribution in [0.15, 0.2) is 89.5 Å². The third-order valence-electron chi connectivity index (χ3n) is 12.6. The number of halogens is 1. The number of nitrogens with one attached hydrogen (secondary N) is 3. The Kier molecular flexibility index (Phi) is 12.8. The zero-order chi connectivity index (χ0) is 46.2. The van der Waals surface area contributed by atoms with Crippen LogP contribution < -0.4 is 24.6 Å². The number of anilines is 4. The summed E-state index contributed by atoms with van der Waals surface area (Å²) in [6.07, 6.45) is 4.41. The molecule has 0 spiro atoms. The zero-order valence-electron chi connectivity index (χ0n) is 36.7. The number of nitro benzene ring substituents is 1. The first-order chi connectivity index (χ1) is 31.7. The standard InChI is InChI=1S/C47H51ClN8O9S/c1-47(2)14-11-32(38(26-47)30-3-5-33(48)6-4-30)28-53-16-18-54(19-17-53)34-7-9-37(40(24-34)55-42-23-31-12-15-49-44(31)51-46(42)65-20-13-43(55)57)45(58)52-66(61,62)36-8-10-39(41(25-36)56(59)60)50-27-35-29-63-21-22-64-35/h3-10,12,15,23-25,35,50H,11,13-14,16-22,26-29H2,1-2H3,(H,49,51)(H,52,58). The van der Waals surface area contributed by atoms with Crippen molar-refractivity contribution in [2.45, 2.75) is 50.5 Å². The van der Waals surface area contributed by atoms with Gasteiger partial charge in [-0.05, 0) is 90.4 Å². The zero-order valence-corrected chi connectivity index (χ0v) is 38.3. The summed E-state index contributed by atoms with van der Waals surface area (Å²) in [6.45, 7) is 9.66. The van der Waals surface area contributed by atoms with Crippen molar-refractivity contribution in [3.63, 3.8) is 0 Å². The lowest BCUT2D eigenvalue weighted by Crippen LogP contribution is -2.47. The summed E-state index contributed by atoms with van der Waals surface area (Å²) in [6, 6.07) is 20.0. The van der Waals surface area contributed by atoms with Crippen LogP contribution in [0.1, 0.15) is 55.5 Å². The fraction of sp³-hybridized carbons (Fsp3) is 0.383. The number of ether oxygens (including phenoxy) is 3. The number of benzene rings is 3. The predicted molar refractivity (Wildman–Crippen MR) is 251 cm³/mol. The molecule has 5 aromatic rings. The Hall–Kier alpha value is -6.05. The molecule has 1 atom stereocenters. The van der Waals surface area contributed by atoms with E-state index in [9.17, 15) is 28.1 Å². The molecule has 9 rings (SSSR count). The first-order valence-electron chi connectivity index (χ1n) is 22.0. The average Bonchev–Trinajstić information content (AvgIpc) is 3.70. The number of pyridine rings is 1. The Morgan fingerprint density at radius 1 is 0.985 bits per heavy atom. The molecule has 2 aromatic heterocycles. The quantitative estimate of drug-likeness (QED) is 0.0832. The molecule has 1 aliphatic carbocycles. The Morgan fingerprint density at radius 2 is 1.79 bits per heavy atom. The van der Waals surface area contributed by atoms with E-state index < -0.39 is 37.3 Å². The average molecular weight is 939 g/mol. The number of amides is 2. The number of sulfonamides is 1. The van der Waals surface area contributed by atoms with E-state index >= 15 is 0 Å². The summed E-state index contributed by atoms with van der Waals surface area (Å²) < 4.78 is 46.9. The molecule has 66 heavy (non-hydrogen) atoms. The van der Waals surface area contributed by atoms with Gasteiger partial charge >= 0.3 is 0 Å². The summed E-state index contributed by atoms with van der Waals surface area (Å²) in [5, 5.41) is 16.5. The van der Waals surface area contributed by atoms with Crippen molar-refractivity contribution in [3.05, 3.63) is 111 Å².